The zero-order chi connectivity index (χ0) is 24.9. The number of carbonyl (C=O) groups excluding carboxylic acids is 1. The van der Waals surface area contributed by atoms with Crippen LogP contribution < -0.4 is 9.62 Å². The topological polar surface area (TPSA) is 101 Å². The van der Waals surface area contributed by atoms with Crippen molar-refractivity contribution in [2.75, 3.05) is 17.1 Å². The van der Waals surface area contributed by atoms with Crippen LogP contribution in [0, 0.1) is 6.92 Å². The van der Waals surface area contributed by atoms with Gasteiger partial charge in [0.1, 0.15) is 6.54 Å². The Labute approximate surface area is 201 Å². The molecule has 7 nitrogen and oxygen atoms in total. The smallest absolute Gasteiger partial charge is 0.264 e. The van der Waals surface area contributed by atoms with Crippen LogP contribution in [0.4, 0.5) is 5.69 Å². The molecule has 0 bridgehead atoms. The number of amides is 1. The van der Waals surface area contributed by atoms with E-state index in [1.165, 1.54) is 24.3 Å². The molecule has 3 rings (SSSR count). The molecule has 0 aliphatic rings. The van der Waals surface area contributed by atoms with Gasteiger partial charge in [0, 0.05) is 6.26 Å². The van der Waals surface area contributed by atoms with Crippen LogP contribution in [0.1, 0.15) is 30.5 Å². The van der Waals surface area contributed by atoms with Crippen molar-refractivity contribution < 1.29 is 21.6 Å². The molecule has 0 fully saturated rings. The molecular formula is C25H28N2O5S2. The second-order valence-electron chi connectivity index (χ2n) is 8.03. The zero-order valence-electron chi connectivity index (χ0n) is 19.3. The van der Waals surface area contributed by atoms with E-state index in [0.29, 0.717) is 12.1 Å². The van der Waals surface area contributed by atoms with E-state index in [1.54, 1.807) is 54.6 Å². The number of carbonyl (C=O) groups is 1. The maximum absolute atomic E-state index is 13.4. The molecule has 0 aliphatic carbocycles. The van der Waals surface area contributed by atoms with E-state index >= 15 is 0 Å². The predicted octanol–water partition coefficient (Wildman–Crippen LogP) is 3.86. The third kappa shape index (κ3) is 6.03. The second kappa shape index (κ2) is 10.4. The van der Waals surface area contributed by atoms with Gasteiger partial charge in [-0.05, 0) is 55.3 Å². The third-order valence-corrected chi connectivity index (χ3v) is 8.31. The van der Waals surface area contributed by atoms with Crippen molar-refractivity contribution >= 4 is 31.5 Å². The average molecular weight is 501 g/mol. The van der Waals surface area contributed by atoms with E-state index in [-0.39, 0.29) is 9.79 Å². The van der Waals surface area contributed by atoms with Crippen LogP contribution in [-0.2, 0) is 24.7 Å². The van der Waals surface area contributed by atoms with Crippen molar-refractivity contribution in [3.05, 3.63) is 90.0 Å². The minimum Gasteiger partial charge on any atom is -0.348 e. The normalized spacial score (nSPS) is 12.7. The number of hydrogen-bond donors (Lipinski definition) is 1. The Morgan fingerprint density at radius 2 is 1.41 bits per heavy atom. The number of nitrogens with one attached hydrogen (secondary N) is 1. The number of sulfone groups is 1. The van der Waals surface area contributed by atoms with Crippen molar-refractivity contribution in [3.63, 3.8) is 0 Å². The summed E-state index contributed by atoms with van der Waals surface area (Å²) in [7, 11) is -7.32. The lowest BCUT2D eigenvalue weighted by atomic mass is 10.0. The van der Waals surface area contributed by atoms with Gasteiger partial charge in [-0.1, -0.05) is 55.0 Å². The first-order valence-corrected chi connectivity index (χ1v) is 14.1. The van der Waals surface area contributed by atoms with Crippen molar-refractivity contribution in [2.24, 2.45) is 0 Å². The molecule has 0 heterocycles. The number of anilines is 1. The molecule has 1 unspecified atom stereocenters. The number of aryl methyl sites for hydroxylation is 1. The van der Waals surface area contributed by atoms with Crippen LogP contribution in [0.15, 0.2) is 88.7 Å². The van der Waals surface area contributed by atoms with Crippen molar-refractivity contribution in [2.45, 2.75) is 36.1 Å². The van der Waals surface area contributed by atoms with Gasteiger partial charge in [0.05, 0.1) is 21.5 Å². The minimum absolute atomic E-state index is 0.0955. The van der Waals surface area contributed by atoms with E-state index in [4.69, 9.17) is 0 Å². The summed E-state index contributed by atoms with van der Waals surface area (Å²) in [6.45, 7) is 3.34. The van der Waals surface area contributed by atoms with Crippen LogP contribution in [0.3, 0.4) is 0 Å². The Morgan fingerprint density at radius 3 is 1.94 bits per heavy atom. The van der Waals surface area contributed by atoms with Gasteiger partial charge < -0.3 is 5.32 Å². The highest BCUT2D eigenvalue weighted by atomic mass is 32.2. The van der Waals surface area contributed by atoms with Crippen LogP contribution >= 0.6 is 0 Å². The molecule has 1 amide bonds. The highest BCUT2D eigenvalue weighted by Crippen LogP contribution is 2.24. The fourth-order valence-corrected chi connectivity index (χ4v) is 5.54. The first-order chi connectivity index (χ1) is 16.0. The number of rotatable bonds is 9. The van der Waals surface area contributed by atoms with Gasteiger partial charge in [0.25, 0.3) is 10.0 Å². The van der Waals surface area contributed by atoms with Crippen LogP contribution in [-0.4, -0.2) is 35.5 Å². The maximum Gasteiger partial charge on any atom is 0.264 e. The summed E-state index contributed by atoms with van der Waals surface area (Å²) in [5.74, 6) is -0.474. The molecule has 0 aliphatic heterocycles. The Morgan fingerprint density at radius 1 is 0.853 bits per heavy atom. The van der Waals surface area contributed by atoms with E-state index in [0.717, 1.165) is 21.7 Å². The number of benzene rings is 3. The number of sulfonamides is 1. The lowest BCUT2D eigenvalue weighted by Crippen LogP contribution is -2.42. The summed E-state index contributed by atoms with van der Waals surface area (Å²) in [5.41, 5.74) is 2.04. The Bertz CT molecular complexity index is 1340. The first kappa shape index (κ1) is 25.5. The number of nitrogens with zero attached hydrogens (tertiary/aromatic N) is 1. The van der Waals surface area contributed by atoms with Crippen molar-refractivity contribution in [1.82, 2.24) is 5.32 Å². The molecule has 34 heavy (non-hydrogen) atoms. The molecule has 0 radical (unpaired) electrons. The van der Waals surface area contributed by atoms with Crippen molar-refractivity contribution in [3.8, 4) is 0 Å². The zero-order valence-corrected chi connectivity index (χ0v) is 20.9. The summed E-state index contributed by atoms with van der Waals surface area (Å²) < 4.78 is 51.4. The standard InChI is InChI=1S/C25H28N2O5S2/c1-4-24(20-12-16-22(17-13-20)33(3,29)30)26-25(28)18-27(21-8-6-5-7-9-21)34(31,32)23-14-10-19(2)11-15-23/h5-17,24H,4,18H2,1-3H3,(H,26,28). The Hall–Kier alpha value is -3.17. The highest BCUT2D eigenvalue weighted by molar-refractivity contribution is 7.93. The number of para-hydroxylation sites is 1. The van der Waals surface area contributed by atoms with Gasteiger partial charge in [-0.3, -0.25) is 9.10 Å². The Balaban J connectivity index is 1.86. The van der Waals surface area contributed by atoms with E-state index in [9.17, 15) is 21.6 Å². The third-order valence-electron chi connectivity index (χ3n) is 5.39. The molecule has 180 valence electrons. The largest absolute Gasteiger partial charge is 0.348 e. The van der Waals surface area contributed by atoms with Gasteiger partial charge in [-0.2, -0.15) is 0 Å². The predicted molar refractivity (Wildman–Crippen MR) is 133 cm³/mol. The summed E-state index contributed by atoms with van der Waals surface area (Å²) in [6, 6.07) is 20.8. The molecule has 0 saturated carbocycles. The van der Waals surface area contributed by atoms with Crippen LogP contribution in [0.2, 0.25) is 0 Å². The molecule has 3 aromatic carbocycles. The van der Waals surface area contributed by atoms with Gasteiger partial charge in [-0.25, -0.2) is 16.8 Å². The van der Waals surface area contributed by atoms with Gasteiger partial charge >= 0.3 is 0 Å². The van der Waals surface area contributed by atoms with Crippen LogP contribution in [0.25, 0.3) is 0 Å². The molecule has 0 aromatic heterocycles. The van der Waals surface area contributed by atoms with Gasteiger partial charge in [0.15, 0.2) is 9.84 Å². The molecule has 1 N–H and O–H groups in total. The molecule has 3 aromatic rings. The van der Waals surface area contributed by atoms with E-state index < -0.39 is 38.4 Å². The fourth-order valence-electron chi connectivity index (χ4n) is 3.49. The van der Waals surface area contributed by atoms with Gasteiger partial charge in [0.2, 0.25) is 5.91 Å². The lowest BCUT2D eigenvalue weighted by molar-refractivity contribution is -0.120. The first-order valence-electron chi connectivity index (χ1n) is 10.8. The van der Waals surface area contributed by atoms with E-state index in [1.807, 2.05) is 13.8 Å². The molecule has 0 saturated heterocycles. The van der Waals surface area contributed by atoms with Crippen LogP contribution in [0.5, 0.6) is 0 Å². The maximum atomic E-state index is 13.4. The summed E-state index contributed by atoms with van der Waals surface area (Å²) in [4.78, 5) is 13.3. The SMILES string of the molecule is CCC(NC(=O)CN(c1ccccc1)S(=O)(=O)c1ccc(C)cc1)c1ccc(S(C)(=O)=O)cc1. The average Bonchev–Trinajstić information content (AvgIpc) is 2.81. The molecule has 1 atom stereocenters. The number of hydrogen-bond acceptors (Lipinski definition) is 5. The summed E-state index contributed by atoms with van der Waals surface area (Å²) in [5, 5.41) is 2.88. The minimum atomic E-state index is -3.99. The van der Waals surface area contributed by atoms with Gasteiger partial charge in [-0.15, -0.1) is 0 Å². The summed E-state index contributed by atoms with van der Waals surface area (Å²) in [6.07, 6.45) is 1.67. The van der Waals surface area contributed by atoms with E-state index in [2.05, 4.69) is 5.32 Å². The second-order valence-corrected chi connectivity index (χ2v) is 11.9. The quantitative estimate of drug-likeness (QED) is 0.481. The Kier molecular flexibility index (Phi) is 7.78. The lowest BCUT2D eigenvalue weighted by Gasteiger charge is -2.25. The molecular weight excluding hydrogens is 472 g/mol. The summed E-state index contributed by atoms with van der Waals surface area (Å²) >= 11 is 0. The molecule has 9 heteroatoms. The monoisotopic (exact) mass is 500 g/mol. The van der Waals surface area contributed by atoms with Crippen molar-refractivity contribution in [1.29, 1.82) is 0 Å². The highest BCUT2D eigenvalue weighted by Gasteiger charge is 2.28. The molecule has 0 spiro atoms. The fraction of sp³-hybridized carbons (Fsp3) is 0.240.